The van der Waals surface area contributed by atoms with E-state index in [2.05, 4.69) is 50.4 Å². The maximum absolute atomic E-state index is 3.57. The molecule has 2 unspecified atom stereocenters. The van der Waals surface area contributed by atoms with Gasteiger partial charge >= 0.3 is 0 Å². The molecule has 1 N–H and O–H groups in total. The van der Waals surface area contributed by atoms with Gasteiger partial charge in [0.05, 0.1) is 0 Å². The van der Waals surface area contributed by atoms with Gasteiger partial charge in [-0.25, -0.2) is 0 Å². The molecule has 1 aromatic rings. The highest BCUT2D eigenvalue weighted by Crippen LogP contribution is 2.26. The molecule has 16 heavy (non-hydrogen) atoms. The van der Waals surface area contributed by atoms with Crippen LogP contribution in [0.15, 0.2) is 24.3 Å². The molecule has 2 atom stereocenters. The molecular weight excluding hydrogens is 194 g/mol. The average molecular weight is 217 g/mol. The Morgan fingerprint density at radius 2 is 1.81 bits per heavy atom. The van der Waals surface area contributed by atoms with E-state index in [0.29, 0.717) is 12.0 Å². The fourth-order valence-electron chi connectivity index (χ4n) is 2.44. The minimum atomic E-state index is 0.638. The van der Waals surface area contributed by atoms with E-state index >= 15 is 0 Å². The molecule has 1 heterocycles. The van der Waals surface area contributed by atoms with Crippen LogP contribution in [0.4, 0.5) is 0 Å². The molecule has 1 aliphatic heterocycles. The van der Waals surface area contributed by atoms with Crippen molar-refractivity contribution in [1.29, 1.82) is 0 Å². The predicted octanol–water partition coefficient (Wildman–Crippen LogP) is 3.67. The first-order valence-electron chi connectivity index (χ1n) is 6.50. The highest BCUT2D eigenvalue weighted by molar-refractivity contribution is 5.27. The summed E-state index contributed by atoms with van der Waals surface area (Å²) in [5.74, 6) is 1.36. The second-order valence-corrected chi connectivity index (χ2v) is 5.40. The second kappa shape index (κ2) is 5.01. The van der Waals surface area contributed by atoms with Crippen molar-refractivity contribution in [2.75, 3.05) is 6.54 Å². The lowest BCUT2D eigenvalue weighted by Crippen LogP contribution is -2.35. The standard InChI is InChI=1S/C15H23N/c1-11(2)13-6-8-14(9-7-13)15-5-4-12(3)16-10-15/h6-9,11-12,15-16H,4-5,10H2,1-3H3. The van der Waals surface area contributed by atoms with E-state index in [0.717, 1.165) is 12.5 Å². The van der Waals surface area contributed by atoms with Crippen LogP contribution in [0.3, 0.4) is 0 Å². The van der Waals surface area contributed by atoms with Gasteiger partial charge in [0, 0.05) is 12.6 Å². The van der Waals surface area contributed by atoms with Gasteiger partial charge in [0.1, 0.15) is 0 Å². The van der Waals surface area contributed by atoms with Crippen LogP contribution in [-0.4, -0.2) is 12.6 Å². The van der Waals surface area contributed by atoms with Crippen LogP contribution in [0.5, 0.6) is 0 Å². The highest BCUT2D eigenvalue weighted by Gasteiger charge is 2.18. The summed E-state index contributed by atoms with van der Waals surface area (Å²) in [4.78, 5) is 0. The quantitative estimate of drug-likeness (QED) is 0.797. The Morgan fingerprint density at radius 3 is 2.31 bits per heavy atom. The molecule has 0 spiro atoms. The van der Waals surface area contributed by atoms with E-state index in [-0.39, 0.29) is 0 Å². The van der Waals surface area contributed by atoms with Crippen molar-refractivity contribution in [2.24, 2.45) is 0 Å². The minimum Gasteiger partial charge on any atom is -0.314 e. The fourth-order valence-corrected chi connectivity index (χ4v) is 2.44. The first kappa shape index (κ1) is 11.7. The molecule has 0 saturated carbocycles. The van der Waals surface area contributed by atoms with Crippen LogP contribution in [0.25, 0.3) is 0 Å². The molecule has 1 fully saturated rings. The van der Waals surface area contributed by atoms with Crippen molar-refractivity contribution in [2.45, 2.75) is 51.5 Å². The topological polar surface area (TPSA) is 12.0 Å². The summed E-state index contributed by atoms with van der Waals surface area (Å²) in [6.45, 7) is 7.91. The highest BCUT2D eigenvalue weighted by atomic mass is 14.9. The number of nitrogens with one attached hydrogen (secondary N) is 1. The van der Waals surface area contributed by atoms with Crippen molar-refractivity contribution in [3.05, 3.63) is 35.4 Å². The molecule has 0 aromatic heterocycles. The van der Waals surface area contributed by atoms with Crippen LogP contribution >= 0.6 is 0 Å². The zero-order valence-electron chi connectivity index (χ0n) is 10.7. The molecule has 0 radical (unpaired) electrons. The summed E-state index contributed by atoms with van der Waals surface area (Å²) in [5, 5.41) is 3.57. The summed E-state index contributed by atoms with van der Waals surface area (Å²) < 4.78 is 0. The lowest BCUT2D eigenvalue weighted by atomic mass is 9.88. The van der Waals surface area contributed by atoms with Gasteiger partial charge in [0.15, 0.2) is 0 Å². The van der Waals surface area contributed by atoms with E-state index < -0.39 is 0 Å². The zero-order chi connectivity index (χ0) is 11.5. The van der Waals surface area contributed by atoms with Crippen molar-refractivity contribution < 1.29 is 0 Å². The number of hydrogen-bond donors (Lipinski definition) is 1. The van der Waals surface area contributed by atoms with Crippen LogP contribution < -0.4 is 5.32 Å². The van der Waals surface area contributed by atoms with Gasteiger partial charge in [-0.05, 0) is 42.7 Å². The van der Waals surface area contributed by atoms with Crippen LogP contribution in [0.2, 0.25) is 0 Å². The minimum absolute atomic E-state index is 0.638. The summed E-state index contributed by atoms with van der Waals surface area (Å²) in [6, 6.07) is 9.91. The third-order valence-corrected chi connectivity index (χ3v) is 3.74. The largest absolute Gasteiger partial charge is 0.314 e. The first-order valence-corrected chi connectivity index (χ1v) is 6.50. The maximum atomic E-state index is 3.57. The Kier molecular flexibility index (Phi) is 3.65. The maximum Gasteiger partial charge on any atom is 0.00391 e. The summed E-state index contributed by atoms with van der Waals surface area (Å²) in [6.07, 6.45) is 2.63. The van der Waals surface area contributed by atoms with Gasteiger partial charge in [-0.1, -0.05) is 38.1 Å². The van der Waals surface area contributed by atoms with Crippen molar-refractivity contribution >= 4 is 0 Å². The normalized spacial score (nSPS) is 26.0. The van der Waals surface area contributed by atoms with E-state index in [9.17, 15) is 0 Å². The third kappa shape index (κ3) is 2.65. The summed E-state index contributed by atoms with van der Waals surface area (Å²) >= 11 is 0. The van der Waals surface area contributed by atoms with Crippen molar-refractivity contribution in [3.63, 3.8) is 0 Å². The monoisotopic (exact) mass is 217 g/mol. The molecule has 1 aromatic carbocycles. The SMILES string of the molecule is CC1CCC(c2ccc(C(C)C)cc2)CN1. The molecule has 1 nitrogen and oxygen atoms in total. The Bertz CT molecular complexity index is 318. The molecule has 1 aliphatic rings. The van der Waals surface area contributed by atoms with Gasteiger partial charge in [-0.15, -0.1) is 0 Å². The molecule has 0 aliphatic carbocycles. The Labute approximate surface area is 99.3 Å². The molecule has 1 saturated heterocycles. The van der Waals surface area contributed by atoms with Crippen LogP contribution in [-0.2, 0) is 0 Å². The van der Waals surface area contributed by atoms with Crippen LogP contribution in [0, 0.1) is 0 Å². The lowest BCUT2D eigenvalue weighted by molar-refractivity contribution is 0.385. The second-order valence-electron chi connectivity index (χ2n) is 5.40. The molecular formula is C15H23N. The molecule has 88 valence electrons. The van der Waals surface area contributed by atoms with E-state index in [1.165, 1.54) is 24.0 Å². The number of benzene rings is 1. The third-order valence-electron chi connectivity index (χ3n) is 3.74. The van der Waals surface area contributed by atoms with Gasteiger partial charge < -0.3 is 5.32 Å². The van der Waals surface area contributed by atoms with Gasteiger partial charge in [0.25, 0.3) is 0 Å². The Hall–Kier alpha value is -0.820. The zero-order valence-corrected chi connectivity index (χ0v) is 10.7. The number of rotatable bonds is 2. The van der Waals surface area contributed by atoms with E-state index in [1.54, 1.807) is 0 Å². The molecule has 0 bridgehead atoms. The van der Waals surface area contributed by atoms with Crippen molar-refractivity contribution in [3.8, 4) is 0 Å². The fraction of sp³-hybridized carbons (Fsp3) is 0.600. The average Bonchev–Trinajstić information content (AvgIpc) is 2.30. The molecule has 0 amide bonds. The van der Waals surface area contributed by atoms with E-state index in [1.807, 2.05) is 0 Å². The Balaban J connectivity index is 2.04. The smallest absolute Gasteiger partial charge is 0.00391 e. The van der Waals surface area contributed by atoms with Gasteiger partial charge in [0.2, 0.25) is 0 Å². The van der Waals surface area contributed by atoms with Gasteiger partial charge in [-0.2, -0.15) is 0 Å². The first-order chi connectivity index (χ1) is 7.66. The summed E-state index contributed by atoms with van der Waals surface area (Å²) in [7, 11) is 0. The number of piperidine rings is 1. The summed E-state index contributed by atoms with van der Waals surface area (Å²) in [5.41, 5.74) is 2.95. The van der Waals surface area contributed by atoms with Gasteiger partial charge in [-0.3, -0.25) is 0 Å². The molecule has 2 rings (SSSR count). The number of hydrogen-bond acceptors (Lipinski definition) is 1. The van der Waals surface area contributed by atoms with E-state index in [4.69, 9.17) is 0 Å². The molecule has 1 heteroatoms. The Morgan fingerprint density at radius 1 is 1.12 bits per heavy atom. The lowest BCUT2D eigenvalue weighted by Gasteiger charge is -2.28. The predicted molar refractivity (Wildman–Crippen MR) is 70.0 cm³/mol. The van der Waals surface area contributed by atoms with Crippen molar-refractivity contribution in [1.82, 2.24) is 5.32 Å². The van der Waals surface area contributed by atoms with Crippen LogP contribution in [0.1, 0.15) is 56.6 Å².